The van der Waals surface area contributed by atoms with Gasteiger partial charge < -0.3 is 9.84 Å². The van der Waals surface area contributed by atoms with E-state index in [0.29, 0.717) is 12.5 Å². The Labute approximate surface area is 121 Å². The largest absolute Gasteiger partial charge is 0.395 e. The van der Waals surface area contributed by atoms with Gasteiger partial charge in [-0.3, -0.25) is 4.90 Å². The highest BCUT2D eigenvalue weighted by Crippen LogP contribution is 2.16. The van der Waals surface area contributed by atoms with E-state index in [1.54, 1.807) is 0 Å². The Bertz CT molecular complexity index is 469. The van der Waals surface area contributed by atoms with Gasteiger partial charge in [-0.15, -0.1) is 0 Å². The van der Waals surface area contributed by atoms with Crippen molar-refractivity contribution >= 4 is 0 Å². The van der Waals surface area contributed by atoms with E-state index in [2.05, 4.69) is 42.0 Å². The van der Waals surface area contributed by atoms with Crippen LogP contribution in [0.25, 0.3) is 0 Å². The number of benzene rings is 1. The first-order chi connectivity index (χ1) is 9.79. The highest BCUT2D eigenvalue weighted by molar-refractivity contribution is 5.37. The van der Waals surface area contributed by atoms with Gasteiger partial charge in [0.1, 0.15) is 0 Å². The van der Waals surface area contributed by atoms with Crippen LogP contribution >= 0.6 is 0 Å². The molecule has 1 fully saturated rings. The minimum Gasteiger partial charge on any atom is -0.395 e. The van der Waals surface area contributed by atoms with E-state index in [4.69, 9.17) is 9.84 Å². The van der Waals surface area contributed by atoms with Crippen molar-refractivity contribution in [1.29, 1.82) is 0 Å². The van der Waals surface area contributed by atoms with Crippen LogP contribution in [-0.2, 0) is 11.3 Å². The molecule has 0 radical (unpaired) electrons. The van der Waals surface area contributed by atoms with Crippen molar-refractivity contribution in [2.45, 2.75) is 31.8 Å². The van der Waals surface area contributed by atoms with Gasteiger partial charge in [0.2, 0.25) is 0 Å². The van der Waals surface area contributed by atoms with Gasteiger partial charge in [-0.1, -0.05) is 24.0 Å². The van der Waals surface area contributed by atoms with Crippen LogP contribution in [0.5, 0.6) is 0 Å². The van der Waals surface area contributed by atoms with Crippen LogP contribution in [0.2, 0.25) is 0 Å². The van der Waals surface area contributed by atoms with Crippen LogP contribution in [0.3, 0.4) is 0 Å². The highest BCUT2D eigenvalue weighted by Gasteiger charge is 2.18. The molecule has 0 bridgehead atoms. The van der Waals surface area contributed by atoms with Gasteiger partial charge in [-0.25, -0.2) is 0 Å². The van der Waals surface area contributed by atoms with Crippen molar-refractivity contribution in [2.24, 2.45) is 0 Å². The van der Waals surface area contributed by atoms with Gasteiger partial charge in [-0.05, 0) is 37.6 Å². The monoisotopic (exact) mass is 273 g/mol. The topological polar surface area (TPSA) is 32.7 Å². The fraction of sp³-hybridized carbons (Fsp3) is 0.529. The summed E-state index contributed by atoms with van der Waals surface area (Å²) in [4.78, 5) is 2.41. The number of hydrogen-bond donors (Lipinski definition) is 1. The Balaban J connectivity index is 1.95. The predicted octanol–water partition coefficient (Wildman–Crippen LogP) is 2.03. The fourth-order valence-corrected chi connectivity index (χ4v) is 2.51. The minimum absolute atomic E-state index is 0.124. The lowest BCUT2D eigenvalue weighted by atomic mass is 10.1. The lowest BCUT2D eigenvalue weighted by Crippen LogP contribution is -2.36. The van der Waals surface area contributed by atoms with Crippen molar-refractivity contribution in [3.05, 3.63) is 35.4 Å². The van der Waals surface area contributed by atoms with Crippen LogP contribution in [-0.4, -0.2) is 42.9 Å². The van der Waals surface area contributed by atoms with E-state index < -0.39 is 0 Å². The zero-order valence-corrected chi connectivity index (χ0v) is 12.1. The number of nitrogens with zero attached hydrogens (tertiary/aromatic N) is 1. The van der Waals surface area contributed by atoms with Gasteiger partial charge in [0.25, 0.3) is 0 Å². The Kier molecular flexibility index (Phi) is 6.07. The number of aliphatic hydroxyl groups excluding tert-OH is 1. The van der Waals surface area contributed by atoms with Crippen molar-refractivity contribution < 1.29 is 9.84 Å². The summed E-state index contributed by atoms with van der Waals surface area (Å²) in [5.41, 5.74) is 2.31. The van der Waals surface area contributed by atoms with E-state index in [-0.39, 0.29) is 6.61 Å². The van der Waals surface area contributed by atoms with E-state index in [1.165, 1.54) is 5.56 Å². The van der Waals surface area contributed by atoms with E-state index >= 15 is 0 Å². The second-order valence-corrected chi connectivity index (χ2v) is 5.23. The molecule has 1 saturated heterocycles. The molecule has 1 aromatic rings. The zero-order valence-electron chi connectivity index (χ0n) is 12.1. The average Bonchev–Trinajstić information content (AvgIpc) is 2.49. The maximum absolute atomic E-state index is 8.74. The zero-order chi connectivity index (χ0) is 14.2. The normalized spacial score (nSPS) is 15.9. The van der Waals surface area contributed by atoms with Crippen molar-refractivity contribution in [3.63, 3.8) is 0 Å². The molecular weight excluding hydrogens is 250 g/mol. The molecule has 1 aromatic carbocycles. The summed E-state index contributed by atoms with van der Waals surface area (Å²) in [5, 5.41) is 8.74. The summed E-state index contributed by atoms with van der Waals surface area (Å²) < 4.78 is 5.41. The summed E-state index contributed by atoms with van der Waals surface area (Å²) >= 11 is 0. The molecular formula is C17H23NO2. The maximum Gasteiger partial charge on any atom is 0.0540 e. The van der Waals surface area contributed by atoms with Crippen molar-refractivity contribution in [1.82, 2.24) is 4.90 Å². The van der Waals surface area contributed by atoms with Crippen LogP contribution in [0.1, 0.15) is 30.4 Å². The van der Waals surface area contributed by atoms with Gasteiger partial charge in [0, 0.05) is 37.8 Å². The molecule has 1 heterocycles. The molecule has 2 rings (SSSR count). The molecule has 0 atom stereocenters. The summed E-state index contributed by atoms with van der Waals surface area (Å²) in [6, 6.07) is 8.97. The molecule has 3 heteroatoms. The van der Waals surface area contributed by atoms with E-state index in [9.17, 15) is 0 Å². The molecule has 108 valence electrons. The third kappa shape index (κ3) is 4.64. The van der Waals surface area contributed by atoms with E-state index in [1.807, 2.05) is 6.07 Å². The van der Waals surface area contributed by atoms with Gasteiger partial charge in [0.15, 0.2) is 0 Å². The Morgan fingerprint density at radius 1 is 1.35 bits per heavy atom. The SMILES string of the molecule is CN(Cc1cccc(C#CCCO)c1)C1CCOCC1. The molecule has 1 N–H and O–H groups in total. The molecule has 20 heavy (non-hydrogen) atoms. The summed E-state index contributed by atoms with van der Waals surface area (Å²) in [6.45, 7) is 2.82. The lowest BCUT2D eigenvalue weighted by Gasteiger charge is -2.31. The van der Waals surface area contributed by atoms with Crippen LogP contribution < -0.4 is 0 Å². The third-order valence-corrected chi connectivity index (χ3v) is 3.64. The molecule has 0 aliphatic carbocycles. The Hall–Kier alpha value is -1.34. The molecule has 1 aliphatic heterocycles. The van der Waals surface area contributed by atoms with Gasteiger partial charge >= 0.3 is 0 Å². The highest BCUT2D eigenvalue weighted by atomic mass is 16.5. The van der Waals surface area contributed by atoms with E-state index in [0.717, 1.165) is 38.2 Å². The summed E-state index contributed by atoms with van der Waals surface area (Å²) in [5.74, 6) is 6.06. The van der Waals surface area contributed by atoms with Crippen LogP contribution in [0.4, 0.5) is 0 Å². The average molecular weight is 273 g/mol. The maximum atomic E-state index is 8.74. The first kappa shape index (κ1) is 15.1. The second-order valence-electron chi connectivity index (χ2n) is 5.23. The molecule has 0 amide bonds. The second kappa shape index (κ2) is 8.06. The molecule has 0 aromatic heterocycles. The first-order valence-electron chi connectivity index (χ1n) is 7.26. The number of ether oxygens (including phenoxy) is 1. The third-order valence-electron chi connectivity index (χ3n) is 3.64. The van der Waals surface area contributed by atoms with Crippen molar-refractivity contribution in [3.8, 4) is 11.8 Å². The smallest absolute Gasteiger partial charge is 0.0540 e. The Morgan fingerprint density at radius 2 is 2.15 bits per heavy atom. The Morgan fingerprint density at radius 3 is 2.90 bits per heavy atom. The standard InChI is InChI=1S/C17H23NO2/c1-18(17-8-11-20-12-9-17)14-16-7-4-6-15(13-16)5-2-3-10-19/h4,6-7,13,17,19H,3,8-12,14H2,1H3. The van der Waals surface area contributed by atoms with Gasteiger partial charge in [0.05, 0.1) is 6.61 Å². The number of hydrogen-bond acceptors (Lipinski definition) is 3. The van der Waals surface area contributed by atoms with Crippen molar-refractivity contribution in [2.75, 3.05) is 26.9 Å². The fourth-order valence-electron chi connectivity index (χ4n) is 2.51. The molecule has 1 aliphatic rings. The predicted molar refractivity (Wildman–Crippen MR) is 80.3 cm³/mol. The summed E-state index contributed by atoms with van der Waals surface area (Å²) in [7, 11) is 2.18. The molecule has 0 spiro atoms. The number of aliphatic hydroxyl groups is 1. The molecule has 0 saturated carbocycles. The molecule has 0 unspecified atom stereocenters. The minimum atomic E-state index is 0.124. The van der Waals surface area contributed by atoms with Crippen LogP contribution in [0, 0.1) is 11.8 Å². The first-order valence-corrected chi connectivity index (χ1v) is 7.26. The molecule has 3 nitrogen and oxygen atoms in total. The lowest BCUT2D eigenvalue weighted by molar-refractivity contribution is 0.0407. The van der Waals surface area contributed by atoms with Gasteiger partial charge in [-0.2, -0.15) is 0 Å². The number of rotatable bonds is 4. The summed E-state index contributed by atoms with van der Waals surface area (Å²) in [6.07, 6.45) is 2.77. The van der Waals surface area contributed by atoms with Crippen LogP contribution in [0.15, 0.2) is 24.3 Å². The quantitative estimate of drug-likeness (QED) is 0.852.